The number of aromatic amines is 1. The molecule has 13 heteroatoms. The SMILES string of the molecule is CCCCC(ONc1cccc2c1C(=O)c1cccc(OC(=O)C(F)(F)F)c1C2=O)OC(=O)[C@@H](N)Cc1c[nH]c2ccccc12. The number of ketones is 2. The van der Waals surface area contributed by atoms with Gasteiger partial charge in [-0.05, 0) is 30.2 Å². The summed E-state index contributed by atoms with van der Waals surface area (Å²) in [5.41, 5.74) is 9.59. The quantitative estimate of drug-likeness (QED) is 0.0762. The summed E-state index contributed by atoms with van der Waals surface area (Å²) in [6, 6.07) is 14.2. The molecule has 5 rings (SSSR count). The lowest BCUT2D eigenvalue weighted by atomic mass is 9.83. The first-order valence-electron chi connectivity index (χ1n) is 14.1. The van der Waals surface area contributed by atoms with Gasteiger partial charge in [-0.2, -0.15) is 13.2 Å². The minimum atomic E-state index is -5.31. The molecule has 2 atom stereocenters. The van der Waals surface area contributed by atoms with Gasteiger partial charge >= 0.3 is 18.1 Å². The summed E-state index contributed by atoms with van der Waals surface area (Å²) in [5.74, 6) is -5.48. The maximum absolute atomic E-state index is 13.5. The van der Waals surface area contributed by atoms with Crippen LogP contribution < -0.4 is 16.0 Å². The number of ether oxygens (including phenoxy) is 2. The van der Waals surface area contributed by atoms with E-state index < -0.39 is 53.3 Å². The molecule has 0 saturated carbocycles. The number of anilines is 1. The second-order valence-electron chi connectivity index (χ2n) is 10.4. The molecular formula is C32H28F3N3O7. The first-order valence-corrected chi connectivity index (χ1v) is 14.1. The molecule has 45 heavy (non-hydrogen) atoms. The van der Waals surface area contributed by atoms with Gasteiger partial charge in [0.2, 0.25) is 6.29 Å². The molecule has 4 aromatic rings. The highest BCUT2D eigenvalue weighted by atomic mass is 19.4. The van der Waals surface area contributed by atoms with Gasteiger partial charge in [-0.25, -0.2) is 9.63 Å². The molecule has 234 valence electrons. The van der Waals surface area contributed by atoms with Crippen LogP contribution in [0.4, 0.5) is 18.9 Å². The molecule has 1 aliphatic rings. The van der Waals surface area contributed by atoms with Crippen LogP contribution in [0, 0.1) is 0 Å². The Bertz CT molecular complexity index is 1780. The van der Waals surface area contributed by atoms with E-state index in [9.17, 15) is 32.3 Å². The van der Waals surface area contributed by atoms with Gasteiger partial charge in [0.15, 0.2) is 11.6 Å². The van der Waals surface area contributed by atoms with Crippen molar-refractivity contribution >= 4 is 40.1 Å². The molecule has 10 nitrogen and oxygen atoms in total. The summed E-state index contributed by atoms with van der Waals surface area (Å²) in [4.78, 5) is 60.2. The van der Waals surface area contributed by atoms with Crippen molar-refractivity contribution in [2.75, 3.05) is 5.48 Å². The number of benzene rings is 3. The number of nitrogens with one attached hydrogen (secondary N) is 2. The lowest BCUT2D eigenvalue weighted by Gasteiger charge is -2.24. The molecule has 0 amide bonds. The van der Waals surface area contributed by atoms with E-state index in [0.717, 1.165) is 29.0 Å². The Hall–Kier alpha value is -5.01. The monoisotopic (exact) mass is 623 g/mol. The molecule has 1 unspecified atom stereocenters. The largest absolute Gasteiger partial charge is 0.491 e. The van der Waals surface area contributed by atoms with E-state index in [1.54, 1.807) is 6.20 Å². The maximum atomic E-state index is 13.5. The van der Waals surface area contributed by atoms with E-state index in [0.29, 0.717) is 6.42 Å². The fourth-order valence-corrected chi connectivity index (χ4v) is 5.02. The average Bonchev–Trinajstić information content (AvgIpc) is 3.42. The zero-order chi connectivity index (χ0) is 32.3. The number of alkyl halides is 3. The number of fused-ring (bicyclic) bond motifs is 3. The molecule has 0 spiro atoms. The Morgan fingerprint density at radius 2 is 1.64 bits per heavy atom. The number of hydrogen-bond donors (Lipinski definition) is 3. The van der Waals surface area contributed by atoms with Crippen LogP contribution in [0.1, 0.15) is 63.6 Å². The van der Waals surface area contributed by atoms with Crippen molar-refractivity contribution < 1.29 is 46.7 Å². The van der Waals surface area contributed by atoms with Crippen molar-refractivity contribution in [3.05, 3.63) is 94.7 Å². The molecule has 1 aromatic heterocycles. The Kier molecular flexibility index (Phi) is 9.02. The van der Waals surface area contributed by atoms with Gasteiger partial charge in [-0.15, -0.1) is 0 Å². The van der Waals surface area contributed by atoms with Gasteiger partial charge in [0.25, 0.3) is 0 Å². The van der Waals surface area contributed by atoms with Gasteiger partial charge in [-0.1, -0.05) is 55.8 Å². The number of unbranched alkanes of at least 4 members (excludes halogenated alkanes) is 1. The molecule has 0 fully saturated rings. The predicted octanol–water partition coefficient (Wildman–Crippen LogP) is 5.38. The van der Waals surface area contributed by atoms with Gasteiger partial charge < -0.3 is 20.2 Å². The van der Waals surface area contributed by atoms with Gasteiger partial charge in [-0.3, -0.25) is 19.9 Å². The minimum Gasteiger partial charge on any atom is -0.432 e. The average molecular weight is 624 g/mol. The first-order chi connectivity index (χ1) is 21.5. The summed E-state index contributed by atoms with van der Waals surface area (Å²) >= 11 is 0. The maximum Gasteiger partial charge on any atom is 0.491 e. The molecule has 0 radical (unpaired) electrons. The molecule has 0 bridgehead atoms. The highest BCUT2D eigenvalue weighted by Gasteiger charge is 2.43. The normalized spacial score (nSPS) is 14.0. The van der Waals surface area contributed by atoms with Gasteiger partial charge in [0, 0.05) is 41.1 Å². The van der Waals surface area contributed by atoms with Crippen molar-refractivity contribution in [3.8, 4) is 5.75 Å². The summed E-state index contributed by atoms with van der Waals surface area (Å²) in [6.45, 7) is 1.94. The fourth-order valence-electron chi connectivity index (χ4n) is 5.02. The van der Waals surface area contributed by atoms with Gasteiger partial charge in [0.05, 0.1) is 16.8 Å². The summed E-state index contributed by atoms with van der Waals surface area (Å²) in [5, 5.41) is 0.932. The van der Waals surface area contributed by atoms with E-state index >= 15 is 0 Å². The highest BCUT2D eigenvalue weighted by Crippen LogP contribution is 2.37. The second kappa shape index (κ2) is 12.9. The number of H-pyrrole nitrogens is 1. The van der Waals surface area contributed by atoms with Gasteiger partial charge in [0.1, 0.15) is 11.8 Å². The third kappa shape index (κ3) is 6.59. The van der Waals surface area contributed by atoms with E-state index in [-0.39, 0.29) is 35.2 Å². The molecular weight excluding hydrogens is 595 g/mol. The molecule has 4 N–H and O–H groups in total. The Labute approximate surface area is 254 Å². The number of esters is 2. The standard InChI is InChI=1S/C32H28F3N3O7/c1-2-3-14-25(44-30(41)21(36)15-17-16-37-22-11-5-4-8-18(17)22)45-38-23-12-6-9-19-26(23)28(39)20-10-7-13-24(27(20)29(19)40)43-31(42)32(33,34)35/h4-13,16,21,25,37-38H,2-3,14-15,36H2,1H3/t21-,25?/m0/s1. The number of halogens is 3. The number of nitrogens with two attached hydrogens (primary N) is 1. The number of para-hydroxylation sites is 1. The van der Waals surface area contributed by atoms with Crippen LogP contribution in [0.3, 0.4) is 0 Å². The molecule has 1 heterocycles. The lowest BCUT2D eigenvalue weighted by molar-refractivity contribution is -0.189. The van der Waals surface area contributed by atoms with Crippen LogP contribution in [-0.2, 0) is 25.6 Å². The highest BCUT2D eigenvalue weighted by molar-refractivity contribution is 6.31. The number of hydrogen-bond acceptors (Lipinski definition) is 9. The van der Waals surface area contributed by atoms with Crippen LogP contribution in [0.15, 0.2) is 66.9 Å². The van der Waals surface area contributed by atoms with Crippen molar-refractivity contribution in [3.63, 3.8) is 0 Å². The fraction of sp³-hybridized carbons (Fsp3) is 0.250. The van der Waals surface area contributed by atoms with E-state index in [1.807, 2.05) is 31.2 Å². The number of aromatic nitrogens is 1. The summed E-state index contributed by atoms with van der Waals surface area (Å²) < 4.78 is 48.5. The molecule has 1 aliphatic carbocycles. The van der Waals surface area contributed by atoms with Crippen LogP contribution in [-0.4, -0.2) is 47.0 Å². The van der Waals surface area contributed by atoms with Crippen LogP contribution in [0.2, 0.25) is 0 Å². The zero-order valence-electron chi connectivity index (χ0n) is 23.9. The van der Waals surface area contributed by atoms with Crippen LogP contribution in [0.5, 0.6) is 5.75 Å². The number of carbonyl (C=O) groups excluding carboxylic acids is 4. The third-order valence-electron chi connectivity index (χ3n) is 7.23. The van der Waals surface area contributed by atoms with E-state index in [1.165, 1.54) is 30.3 Å². The summed E-state index contributed by atoms with van der Waals surface area (Å²) in [6.07, 6.45) is -2.78. The number of carbonyl (C=O) groups is 4. The molecule has 3 aromatic carbocycles. The van der Waals surface area contributed by atoms with Crippen molar-refractivity contribution in [2.24, 2.45) is 5.73 Å². The topological polar surface area (TPSA) is 150 Å². The van der Waals surface area contributed by atoms with Crippen LogP contribution in [0.25, 0.3) is 10.9 Å². The molecule has 0 saturated heterocycles. The zero-order valence-corrected chi connectivity index (χ0v) is 23.9. The second-order valence-corrected chi connectivity index (χ2v) is 10.4. The molecule has 0 aliphatic heterocycles. The van der Waals surface area contributed by atoms with Crippen molar-refractivity contribution in [1.82, 2.24) is 4.98 Å². The Morgan fingerprint density at radius 1 is 0.956 bits per heavy atom. The van der Waals surface area contributed by atoms with E-state index in [4.69, 9.17) is 15.3 Å². The smallest absolute Gasteiger partial charge is 0.432 e. The Morgan fingerprint density at radius 3 is 2.38 bits per heavy atom. The number of rotatable bonds is 11. The lowest BCUT2D eigenvalue weighted by Crippen LogP contribution is -2.38. The Balaban J connectivity index is 1.32. The first kappa shape index (κ1) is 31.4. The van der Waals surface area contributed by atoms with E-state index in [2.05, 4.69) is 15.2 Å². The predicted molar refractivity (Wildman–Crippen MR) is 156 cm³/mol. The minimum absolute atomic E-state index is 0.0508. The summed E-state index contributed by atoms with van der Waals surface area (Å²) in [7, 11) is 0. The van der Waals surface area contributed by atoms with Crippen molar-refractivity contribution in [2.45, 2.75) is 51.1 Å². The van der Waals surface area contributed by atoms with Crippen molar-refractivity contribution in [1.29, 1.82) is 0 Å². The van der Waals surface area contributed by atoms with Crippen LogP contribution >= 0.6 is 0 Å². The third-order valence-corrected chi connectivity index (χ3v) is 7.23.